The average molecular weight is 702 g/mol. The maximum atomic E-state index is 14.2. The van der Waals surface area contributed by atoms with Gasteiger partial charge in [-0.2, -0.15) is 0 Å². The summed E-state index contributed by atoms with van der Waals surface area (Å²) in [5.41, 5.74) is 6.87. The number of rotatable bonds is 5. The summed E-state index contributed by atoms with van der Waals surface area (Å²) in [6.45, 7) is 0.389. The molecule has 1 aliphatic carbocycles. The van der Waals surface area contributed by atoms with Crippen molar-refractivity contribution in [2.75, 3.05) is 0 Å². The Morgan fingerprint density at radius 3 is 2.55 bits per heavy atom. The molecule has 0 N–H and O–H groups in total. The number of thiazole rings is 1. The van der Waals surface area contributed by atoms with Crippen LogP contribution in [-0.4, -0.2) is 4.57 Å². The van der Waals surface area contributed by atoms with Crippen LogP contribution in [0.25, 0.3) is 11.8 Å². The molecule has 0 saturated carbocycles. The van der Waals surface area contributed by atoms with E-state index in [0.717, 1.165) is 55.3 Å². The van der Waals surface area contributed by atoms with Crippen LogP contribution in [0.1, 0.15) is 40.3 Å². The molecule has 2 heterocycles. The van der Waals surface area contributed by atoms with Crippen LogP contribution >= 0.6 is 43.2 Å². The molecule has 0 unspecified atom stereocenters. The van der Waals surface area contributed by atoms with E-state index in [1.807, 2.05) is 60.7 Å². The van der Waals surface area contributed by atoms with Crippen LogP contribution in [0.2, 0.25) is 0 Å². The van der Waals surface area contributed by atoms with E-state index in [-0.39, 0.29) is 17.4 Å². The van der Waals surface area contributed by atoms with Gasteiger partial charge < -0.3 is 4.74 Å². The summed E-state index contributed by atoms with van der Waals surface area (Å²) in [7, 11) is 0. The van der Waals surface area contributed by atoms with Crippen molar-refractivity contribution >= 4 is 55.0 Å². The molecule has 0 amide bonds. The fourth-order valence-electron chi connectivity index (χ4n) is 5.68. The number of aromatic nitrogens is 1. The monoisotopic (exact) mass is 700 g/mol. The second kappa shape index (κ2) is 11.2. The first kappa shape index (κ1) is 27.3. The standard InChI is InChI=1S/C34H23Br2FN2O2S/c35-24-16-23(32(28(36)18-24)41-19-20-6-2-1-3-7-20)17-29-33(40)39-31(22-10-13-25(37)14-11-22)27-15-12-21-8-4-5-9-26(21)30(27)38-34(39)42-29/h1-11,13-14,16-18,31H,12,15,19H2/b29-17+/t31-/m1/s1. The molecule has 0 bridgehead atoms. The molecule has 1 atom stereocenters. The zero-order valence-electron chi connectivity index (χ0n) is 22.2. The van der Waals surface area contributed by atoms with Gasteiger partial charge in [0, 0.05) is 15.6 Å². The van der Waals surface area contributed by atoms with Crippen molar-refractivity contribution in [2.24, 2.45) is 4.99 Å². The van der Waals surface area contributed by atoms with Crippen molar-refractivity contribution in [1.82, 2.24) is 4.57 Å². The number of hydrogen-bond donors (Lipinski definition) is 0. The van der Waals surface area contributed by atoms with Gasteiger partial charge in [-0.1, -0.05) is 94.0 Å². The van der Waals surface area contributed by atoms with Gasteiger partial charge in [-0.05, 0) is 81.4 Å². The van der Waals surface area contributed by atoms with E-state index in [1.54, 1.807) is 16.7 Å². The molecule has 7 rings (SSSR count). The van der Waals surface area contributed by atoms with Crippen LogP contribution in [0.4, 0.5) is 4.39 Å². The van der Waals surface area contributed by atoms with Crippen LogP contribution in [0.5, 0.6) is 5.75 Å². The molecule has 1 aliphatic heterocycles. The summed E-state index contributed by atoms with van der Waals surface area (Å²) in [5, 5.41) is 0. The van der Waals surface area contributed by atoms with Crippen molar-refractivity contribution in [3.63, 3.8) is 0 Å². The van der Waals surface area contributed by atoms with Crippen molar-refractivity contribution < 1.29 is 9.13 Å². The predicted molar refractivity (Wildman–Crippen MR) is 172 cm³/mol. The van der Waals surface area contributed by atoms with Gasteiger partial charge in [0.15, 0.2) is 4.80 Å². The fraction of sp³-hybridized carbons (Fsp3) is 0.118. The predicted octanol–water partition coefficient (Wildman–Crippen LogP) is 7.56. The Balaban J connectivity index is 1.40. The summed E-state index contributed by atoms with van der Waals surface area (Å²) in [5.74, 6) is 0.341. The second-order valence-corrected chi connectivity index (χ2v) is 13.0. The third-order valence-corrected chi connectivity index (χ3v) is 9.64. The molecule has 5 aromatic rings. The molecule has 1 aromatic heterocycles. The average Bonchev–Trinajstić information content (AvgIpc) is 3.30. The van der Waals surface area contributed by atoms with Gasteiger partial charge in [-0.15, -0.1) is 0 Å². The summed E-state index contributed by atoms with van der Waals surface area (Å²) in [6.07, 6.45) is 3.51. The van der Waals surface area contributed by atoms with Gasteiger partial charge >= 0.3 is 0 Å². The summed E-state index contributed by atoms with van der Waals surface area (Å²) >= 11 is 8.60. The Morgan fingerprint density at radius 2 is 1.74 bits per heavy atom. The summed E-state index contributed by atoms with van der Waals surface area (Å²) < 4.78 is 24.2. The quantitative estimate of drug-likeness (QED) is 0.190. The molecule has 0 spiro atoms. The maximum Gasteiger partial charge on any atom is 0.271 e. The fourth-order valence-corrected chi connectivity index (χ4v) is 8.04. The van der Waals surface area contributed by atoms with Crippen molar-refractivity contribution in [3.05, 3.63) is 159 Å². The third-order valence-electron chi connectivity index (χ3n) is 7.61. The van der Waals surface area contributed by atoms with E-state index in [9.17, 15) is 9.18 Å². The van der Waals surface area contributed by atoms with Gasteiger partial charge in [-0.3, -0.25) is 9.36 Å². The van der Waals surface area contributed by atoms with Crippen LogP contribution in [-0.2, 0) is 13.0 Å². The smallest absolute Gasteiger partial charge is 0.271 e. The van der Waals surface area contributed by atoms with E-state index in [2.05, 4.69) is 44.0 Å². The number of fused-ring (bicyclic) bond motifs is 3. The van der Waals surface area contributed by atoms with E-state index >= 15 is 0 Å². The zero-order valence-corrected chi connectivity index (χ0v) is 26.2. The van der Waals surface area contributed by atoms with Crippen molar-refractivity contribution in [2.45, 2.75) is 25.5 Å². The largest absolute Gasteiger partial charge is 0.487 e. The summed E-state index contributed by atoms with van der Waals surface area (Å²) in [6, 6.07) is 28.2. The number of benzene rings is 4. The molecule has 0 saturated heterocycles. The van der Waals surface area contributed by atoms with E-state index in [1.165, 1.54) is 29.0 Å². The lowest BCUT2D eigenvalue weighted by atomic mass is 9.83. The Kier molecular flexibility index (Phi) is 7.30. The molecule has 2 aliphatic rings. The number of aryl methyl sites for hydroxylation is 1. The highest BCUT2D eigenvalue weighted by molar-refractivity contribution is 9.11. The summed E-state index contributed by atoms with van der Waals surface area (Å²) in [4.78, 5) is 19.9. The number of nitrogens with zero attached hydrogens (tertiary/aromatic N) is 2. The van der Waals surface area contributed by atoms with Gasteiger partial charge in [0.25, 0.3) is 5.56 Å². The SMILES string of the molecule is O=c1/c(=C\c2cc(Br)cc(Br)c2OCc2ccccc2)sc2n1[C@H](c1ccc(F)cc1)C1=C(N=2)c2ccccc2CC1. The van der Waals surface area contributed by atoms with Gasteiger partial charge in [0.05, 0.1) is 20.7 Å². The molecule has 0 radical (unpaired) electrons. The third kappa shape index (κ3) is 5.02. The highest BCUT2D eigenvalue weighted by atomic mass is 79.9. The lowest BCUT2D eigenvalue weighted by Gasteiger charge is -2.30. The Hall–Kier alpha value is -3.59. The molecular formula is C34H23Br2FN2O2S. The minimum absolute atomic E-state index is 0.136. The highest BCUT2D eigenvalue weighted by Crippen LogP contribution is 2.41. The molecule has 42 heavy (non-hydrogen) atoms. The van der Waals surface area contributed by atoms with Crippen LogP contribution in [0.3, 0.4) is 0 Å². The molecule has 208 valence electrons. The van der Waals surface area contributed by atoms with Gasteiger partial charge in [-0.25, -0.2) is 9.38 Å². The highest BCUT2D eigenvalue weighted by Gasteiger charge is 2.32. The van der Waals surface area contributed by atoms with Crippen molar-refractivity contribution in [3.8, 4) is 5.75 Å². The van der Waals surface area contributed by atoms with E-state index < -0.39 is 0 Å². The van der Waals surface area contributed by atoms with Crippen LogP contribution in [0.15, 0.2) is 115 Å². The molecular weight excluding hydrogens is 679 g/mol. The number of hydrogen-bond acceptors (Lipinski definition) is 4. The number of halogens is 3. The maximum absolute atomic E-state index is 14.2. The molecule has 4 nitrogen and oxygen atoms in total. The van der Waals surface area contributed by atoms with E-state index in [4.69, 9.17) is 9.73 Å². The number of allylic oxidation sites excluding steroid dienone is 1. The topological polar surface area (TPSA) is 43.6 Å². The zero-order chi connectivity index (χ0) is 28.8. The van der Waals surface area contributed by atoms with Crippen LogP contribution in [0, 0.1) is 5.82 Å². The lowest BCUT2D eigenvalue weighted by Crippen LogP contribution is -2.38. The minimum Gasteiger partial charge on any atom is -0.487 e. The lowest BCUT2D eigenvalue weighted by molar-refractivity contribution is 0.303. The van der Waals surface area contributed by atoms with Crippen molar-refractivity contribution in [1.29, 1.82) is 0 Å². The van der Waals surface area contributed by atoms with Gasteiger partial charge in [0.1, 0.15) is 18.2 Å². The minimum atomic E-state index is -0.365. The molecule has 0 fully saturated rings. The molecule has 4 aromatic carbocycles. The number of ether oxygens (including phenoxy) is 1. The second-order valence-electron chi connectivity index (χ2n) is 10.2. The van der Waals surface area contributed by atoms with Crippen LogP contribution < -0.4 is 19.6 Å². The first-order chi connectivity index (χ1) is 20.5. The Labute approximate surface area is 262 Å². The first-order valence-corrected chi connectivity index (χ1v) is 15.9. The van der Waals surface area contributed by atoms with Gasteiger partial charge in [0.2, 0.25) is 0 Å². The normalized spacial score (nSPS) is 16.0. The Morgan fingerprint density at radius 1 is 0.976 bits per heavy atom. The Bertz CT molecular complexity index is 2050. The first-order valence-electron chi connectivity index (χ1n) is 13.5. The van der Waals surface area contributed by atoms with E-state index in [0.29, 0.717) is 21.7 Å². The molecule has 8 heteroatoms.